The Hall–Kier alpha value is -2.58. The number of alkyl halides is 6. The highest BCUT2D eigenvalue weighted by atomic mass is 127. The highest BCUT2D eigenvalue weighted by Crippen LogP contribution is 2.31. The third-order valence-electron chi connectivity index (χ3n) is 3.91. The maximum atomic E-state index is 12.9. The summed E-state index contributed by atoms with van der Waals surface area (Å²) in [5, 5.41) is 0. The van der Waals surface area contributed by atoms with Gasteiger partial charge >= 0.3 is 12.4 Å². The molecule has 28 heavy (non-hydrogen) atoms. The van der Waals surface area contributed by atoms with Crippen LogP contribution in [0.1, 0.15) is 11.3 Å². The molecule has 0 saturated heterocycles. The predicted molar refractivity (Wildman–Crippen MR) is 92.3 cm³/mol. The van der Waals surface area contributed by atoms with Gasteiger partial charge in [-0.25, -0.2) is 9.97 Å². The molecule has 146 valence electrons. The normalized spacial score (nSPS) is 13.0. The Labute approximate surface area is 164 Å². The molecule has 0 N–H and O–H groups in total. The van der Waals surface area contributed by atoms with Gasteiger partial charge in [-0.3, -0.25) is 13.8 Å². The fraction of sp³-hybridized carbons (Fsp3) is 0.133. The standard InChI is InChI=1S/C15H6F6IN5O/c16-14(17,18)7-1-2-9-24-11(10(22)27(9)5-7)26-4-3-25-6-8(15(19,20)21)23-12(25)13(26)28/h1-6H. The fourth-order valence-corrected chi connectivity index (χ4v) is 3.37. The van der Waals surface area contributed by atoms with Crippen LogP contribution in [0.5, 0.6) is 0 Å². The van der Waals surface area contributed by atoms with Crippen molar-refractivity contribution >= 4 is 33.9 Å². The predicted octanol–water partition coefficient (Wildman–Crippen LogP) is 3.78. The van der Waals surface area contributed by atoms with Crippen molar-refractivity contribution in [1.29, 1.82) is 0 Å². The van der Waals surface area contributed by atoms with Crippen LogP contribution in [0.4, 0.5) is 26.3 Å². The van der Waals surface area contributed by atoms with Crippen molar-refractivity contribution in [2.24, 2.45) is 0 Å². The summed E-state index contributed by atoms with van der Waals surface area (Å²) >= 11 is 1.71. The van der Waals surface area contributed by atoms with Crippen LogP contribution in [-0.2, 0) is 12.4 Å². The number of nitrogens with zero attached hydrogens (tertiary/aromatic N) is 5. The summed E-state index contributed by atoms with van der Waals surface area (Å²) in [7, 11) is 0. The first-order chi connectivity index (χ1) is 13.0. The SMILES string of the molecule is O=c1c2nc(C(F)(F)F)cn2ccn1-c1nc2ccc(C(F)(F)F)cn2c1I. The number of fused-ring (bicyclic) bond motifs is 2. The van der Waals surface area contributed by atoms with Crippen LogP contribution >= 0.6 is 22.6 Å². The first-order valence-corrected chi connectivity index (χ1v) is 8.47. The average Bonchev–Trinajstić information content (AvgIpc) is 3.17. The molecule has 4 heterocycles. The minimum Gasteiger partial charge on any atom is -0.300 e. The van der Waals surface area contributed by atoms with E-state index in [0.717, 1.165) is 31.7 Å². The molecule has 0 aliphatic heterocycles. The topological polar surface area (TPSA) is 56.6 Å². The van der Waals surface area contributed by atoms with Crippen molar-refractivity contribution < 1.29 is 26.3 Å². The van der Waals surface area contributed by atoms with Crippen LogP contribution in [0, 0.1) is 3.70 Å². The molecule has 0 saturated carbocycles. The molecule has 0 aliphatic carbocycles. The van der Waals surface area contributed by atoms with E-state index < -0.39 is 34.8 Å². The molecular weight excluding hydrogens is 507 g/mol. The average molecular weight is 513 g/mol. The molecule has 0 fully saturated rings. The Kier molecular flexibility index (Phi) is 3.99. The molecule has 4 rings (SSSR count). The number of hydrogen-bond donors (Lipinski definition) is 0. The zero-order chi connectivity index (χ0) is 20.4. The molecule has 6 nitrogen and oxygen atoms in total. The van der Waals surface area contributed by atoms with E-state index in [1.54, 1.807) is 22.6 Å². The summed E-state index contributed by atoms with van der Waals surface area (Å²) in [6.45, 7) is 0. The minimum absolute atomic E-state index is 0.0241. The van der Waals surface area contributed by atoms with Crippen LogP contribution in [0.2, 0.25) is 0 Å². The number of hydrogen-bond acceptors (Lipinski definition) is 3. The largest absolute Gasteiger partial charge is 0.434 e. The van der Waals surface area contributed by atoms with Gasteiger partial charge in [0.05, 0.1) is 5.56 Å². The highest BCUT2D eigenvalue weighted by molar-refractivity contribution is 14.1. The zero-order valence-corrected chi connectivity index (χ0v) is 15.4. The van der Waals surface area contributed by atoms with Crippen molar-refractivity contribution in [3.63, 3.8) is 0 Å². The maximum absolute atomic E-state index is 12.9. The number of halogens is 7. The third-order valence-corrected chi connectivity index (χ3v) is 4.91. The monoisotopic (exact) mass is 513 g/mol. The second kappa shape index (κ2) is 5.96. The molecule has 0 spiro atoms. The summed E-state index contributed by atoms with van der Waals surface area (Å²) < 4.78 is 80.4. The van der Waals surface area contributed by atoms with Crippen molar-refractivity contribution in [2.45, 2.75) is 12.4 Å². The van der Waals surface area contributed by atoms with E-state index in [2.05, 4.69) is 9.97 Å². The van der Waals surface area contributed by atoms with E-state index in [0.29, 0.717) is 6.20 Å². The van der Waals surface area contributed by atoms with Gasteiger partial charge in [-0.2, -0.15) is 26.3 Å². The molecule has 4 aromatic heterocycles. The summed E-state index contributed by atoms with van der Waals surface area (Å²) in [6.07, 6.45) is -5.44. The lowest BCUT2D eigenvalue weighted by molar-refractivity contribution is -0.141. The zero-order valence-electron chi connectivity index (χ0n) is 13.3. The Morgan fingerprint density at radius 2 is 1.64 bits per heavy atom. The summed E-state index contributed by atoms with van der Waals surface area (Å²) in [4.78, 5) is 20.0. The van der Waals surface area contributed by atoms with Crippen LogP contribution in [0.25, 0.3) is 17.1 Å². The second-order valence-electron chi connectivity index (χ2n) is 5.70. The van der Waals surface area contributed by atoms with E-state index in [1.807, 2.05) is 0 Å². The van der Waals surface area contributed by atoms with Crippen LogP contribution in [-0.4, -0.2) is 23.3 Å². The molecule has 4 aromatic rings. The van der Waals surface area contributed by atoms with Crippen molar-refractivity contribution in [2.75, 3.05) is 0 Å². The molecule has 0 atom stereocenters. The maximum Gasteiger partial charge on any atom is 0.434 e. The number of aromatic nitrogens is 5. The molecule has 0 aromatic carbocycles. The Balaban J connectivity index is 1.92. The molecule has 0 aliphatic rings. The Bertz CT molecular complexity index is 1280. The smallest absolute Gasteiger partial charge is 0.300 e. The molecule has 13 heteroatoms. The van der Waals surface area contributed by atoms with E-state index in [9.17, 15) is 31.1 Å². The van der Waals surface area contributed by atoms with Gasteiger partial charge in [-0.1, -0.05) is 0 Å². The fourth-order valence-electron chi connectivity index (χ4n) is 2.61. The van der Waals surface area contributed by atoms with E-state index in [-0.39, 0.29) is 15.2 Å². The second-order valence-corrected chi connectivity index (χ2v) is 6.72. The van der Waals surface area contributed by atoms with Gasteiger partial charge in [-0.05, 0) is 34.7 Å². The quantitative estimate of drug-likeness (QED) is 0.288. The van der Waals surface area contributed by atoms with Crippen LogP contribution < -0.4 is 5.56 Å². The van der Waals surface area contributed by atoms with Gasteiger partial charge in [0, 0.05) is 24.8 Å². The minimum atomic E-state index is -4.73. The van der Waals surface area contributed by atoms with E-state index in [1.165, 1.54) is 12.4 Å². The van der Waals surface area contributed by atoms with Crippen molar-refractivity contribution in [3.8, 4) is 5.82 Å². The first kappa shape index (κ1) is 18.8. The first-order valence-electron chi connectivity index (χ1n) is 7.39. The molecule has 0 bridgehead atoms. The third kappa shape index (κ3) is 2.93. The van der Waals surface area contributed by atoms with Crippen molar-refractivity contribution in [1.82, 2.24) is 23.3 Å². The van der Waals surface area contributed by atoms with Gasteiger partial charge < -0.3 is 4.40 Å². The number of pyridine rings is 1. The molecule has 0 radical (unpaired) electrons. The lowest BCUT2D eigenvalue weighted by Gasteiger charge is -2.07. The van der Waals surface area contributed by atoms with Crippen molar-refractivity contribution in [3.05, 3.63) is 62.2 Å². The molecular formula is C15H6F6IN5O. The van der Waals surface area contributed by atoms with E-state index in [4.69, 9.17) is 0 Å². The lowest BCUT2D eigenvalue weighted by Crippen LogP contribution is -2.21. The van der Waals surface area contributed by atoms with Gasteiger partial charge in [0.2, 0.25) is 5.65 Å². The van der Waals surface area contributed by atoms with Gasteiger partial charge in [0.1, 0.15) is 9.35 Å². The summed E-state index contributed by atoms with van der Waals surface area (Å²) in [5.74, 6) is -0.0241. The van der Waals surface area contributed by atoms with Crippen LogP contribution in [0.3, 0.4) is 0 Å². The van der Waals surface area contributed by atoms with Crippen LogP contribution in [0.15, 0.2) is 41.7 Å². The molecule has 0 unspecified atom stereocenters. The van der Waals surface area contributed by atoms with E-state index >= 15 is 0 Å². The highest BCUT2D eigenvalue weighted by Gasteiger charge is 2.34. The number of imidazole rings is 2. The summed E-state index contributed by atoms with van der Waals surface area (Å²) in [5.41, 5.74) is -3.39. The van der Waals surface area contributed by atoms with Gasteiger partial charge in [-0.15, -0.1) is 0 Å². The molecule has 0 amide bonds. The number of rotatable bonds is 1. The Morgan fingerprint density at radius 3 is 2.29 bits per heavy atom. The summed E-state index contributed by atoms with van der Waals surface area (Å²) in [6, 6.07) is 1.98. The Morgan fingerprint density at radius 1 is 0.929 bits per heavy atom. The lowest BCUT2D eigenvalue weighted by atomic mass is 10.3. The van der Waals surface area contributed by atoms with Gasteiger partial charge in [0.25, 0.3) is 5.56 Å². The van der Waals surface area contributed by atoms with Gasteiger partial charge in [0.15, 0.2) is 11.5 Å².